The van der Waals surface area contributed by atoms with Crippen molar-refractivity contribution in [1.82, 2.24) is 4.72 Å². The van der Waals surface area contributed by atoms with Crippen molar-refractivity contribution in [2.75, 3.05) is 11.1 Å². The van der Waals surface area contributed by atoms with Crippen LogP contribution in [-0.4, -0.2) is 14.3 Å². The number of benzene rings is 3. The van der Waals surface area contributed by atoms with Crippen LogP contribution in [0.3, 0.4) is 0 Å². The molecule has 0 heterocycles. The number of nitrogens with two attached hydrogens (primary N) is 1. The van der Waals surface area contributed by atoms with E-state index < -0.39 is 10.0 Å². The second-order valence-corrected chi connectivity index (χ2v) is 9.12. The van der Waals surface area contributed by atoms with E-state index in [1.807, 2.05) is 18.2 Å². The number of hydrogen-bond donors (Lipinski definition) is 3. The quantitative estimate of drug-likeness (QED) is 0.546. The topological polar surface area (TPSA) is 101 Å². The second kappa shape index (κ2) is 7.93. The number of rotatable bonds is 5. The fourth-order valence-electron chi connectivity index (χ4n) is 3.80. The second-order valence-electron chi connectivity index (χ2n) is 7.43. The predicted octanol–water partition coefficient (Wildman–Crippen LogP) is 3.80. The molecule has 0 aromatic heterocycles. The summed E-state index contributed by atoms with van der Waals surface area (Å²) >= 11 is 0. The van der Waals surface area contributed by atoms with Crippen LogP contribution in [0.25, 0.3) is 0 Å². The Bertz CT molecular complexity index is 1220. The normalized spacial score (nSPS) is 15.6. The Morgan fingerprint density at radius 2 is 1.77 bits per heavy atom. The van der Waals surface area contributed by atoms with Gasteiger partial charge in [0.25, 0.3) is 5.91 Å². The Labute approximate surface area is 176 Å². The van der Waals surface area contributed by atoms with E-state index in [0.717, 1.165) is 11.1 Å². The average Bonchev–Trinajstić information content (AvgIpc) is 3.11. The number of amides is 1. The number of fused-ring (bicyclic) bond motifs is 1. The lowest BCUT2D eigenvalue weighted by atomic mass is 10.0. The molecule has 1 amide bonds. The van der Waals surface area contributed by atoms with Crippen LogP contribution in [0.2, 0.25) is 0 Å². The van der Waals surface area contributed by atoms with Crippen LogP contribution in [0.1, 0.15) is 39.5 Å². The highest BCUT2D eigenvalue weighted by Gasteiger charge is 2.28. The molecule has 30 heavy (non-hydrogen) atoms. The average molecular weight is 422 g/mol. The fourth-order valence-corrected chi connectivity index (χ4v) is 5.29. The first-order chi connectivity index (χ1) is 14.3. The molecule has 0 fully saturated rings. The maximum Gasteiger partial charge on any atom is 0.255 e. The van der Waals surface area contributed by atoms with E-state index in [0.29, 0.717) is 35.3 Å². The molecule has 6 nitrogen and oxygen atoms in total. The number of hydrogen-bond acceptors (Lipinski definition) is 4. The maximum atomic E-state index is 12.8. The largest absolute Gasteiger partial charge is 0.397 e. The number of carbonyl (C=O) groups excluding carboxylic acids is 1. The third-order valence-electron chi connectivity index (χ3n) is 5.37. The van der Waals surface area contributed by atoms with Crippen molar-refractivity contribution in [2.45, 2.75) is 30.7 Å². The fraction of sp³-hybridized carbons (Fsp3) is 0.174. The summed E-state index contributed by atoms with van der Waals surface area (Å²) in [4.78, 5) is 12.9. The van der Waals surface area contributed by atoms with E-state index in [1.165, 1.54) is 0 Å². The Morgan fingerprint density at radius 3 is 2.53 bits per heavy atom. The number of carbonyl (C=O) groups is 1. The first-order valence-corrected chi connectivity index (χ1v) is 11.2. The van der Waals surface area contributed by atoms with Crippen LogP contribution < -0.4 is 15.8 Å². The molecule has 4 N–H and O–H groups in total. The third-order valence-corrected chi connectivity index (χ3v) is 7.00. The number of anilines is 2. The van der Waals surface area contributed by atoms with Gasteiger partial charge in [-0.1, -0.05) is 36.4 Å². The Kier molecular flexibility index (Phi) is 5.32. The molecule has 0 saturated heterocycles. The van der Waals surface area contributed by atoms with E-state index in [4.69, 9.17) is 5.73 Å². The van der Waals surface area contributed by atoms with E-state index >= 15 is 0 Å². The lowest BCUT2D eigenvalue weighted by Gasteiger charge is -2.16. The molecular formula is C23H23N3O3S. The van der Waals surface area contributed by atoms with Crippen LogP contribution in [0, 0.1) is 6.92 Å². The van der Waals surface area contributed by atoms with Crippen molar-refractivity contribution < 1.29 is 13.2 Å². The van der Waals surface area contributed by atoms with Crippen molar-refractivity contribution in [1.29, 1.82) is 0 Å². The van der Waals surface area contributed by atoms with Gasteiger partial charge in [-0.3, -0.25) is 4.79 Å². The number of sulfonamides is 1. The maximum absolute atomic E-state index is 12.8. The van der Waals surface area contributed by atoms with Crippen molar-refractivity contribution in [3.05, 3.63) is 89.0 Å². The van der Waals surface area contributed by atoms with Crippen LogP contribution in [0.4, 0.5) is 11.4 Å². The standard InChI is InChI=1S/C23H23N3O3S/c1-15-6-2-5-9-22(15)30(28,29)26-20-13-11-16-14-17(10-12-18(16)20)23(27)25-21-8-4-3-7-19(21)24/h2-10,12,14,20,26H,11,13,24H2,1H3,(H,25,27). The summed E-state index contributed by atoms with van der Waals surface area (Å²) < 4.78 is 28.5. The summed E-state index contributed by atoms with van der Waals surface area (Å²) in [6.07, 6.45) is 1.35. The smallest absolute Gasteiger partial charge is 0.255 e. The summed E-state index contributed by atoms with van der Waals surface area (Å²) in [6.45, 7) is 1.78. The molecule has 0 saturated carbocycles. The van der Waals surface area contributed by atoms with Crippen molar-refractivity contribution in [2.24, 2.45) is 0 Å². The molecular weight excluding hydrogens is 398 g/mol. The van der Waals surface area contributed by atoms with Crippen LogP contribution in [0.5, 0.6) is 0 Å². The van der Waals surface area contributed by atoms with Crippen molar-refractivity contribution in [3.8, 4) is 0 Å². The molecule has 0 radical (unpaired) electrons. The summed E-state index contributed by atoms with van der Waals surface area (Å²) in [5.41, 5.74) is 10.0. The molecule has 154 valence electrons. The van der Waals surface area contributed by atoms with Crippen molar-refractivity contribution in [3.63, 3.8) is 0 Å². The highest BCUT2D eigenvalue weighted by molar-refractivity contribution is 7.89. The number of nitrogens with one attached hydrogen (secondary N) is 2. The highest BCUT2D eigenvalue weighted by atomic mass is 32.2. The van der Waals surface area contributed by atoms with Gasteiger partial charge in [0.2, 0.25) is 10.0 Å². The van der Waals surface area contributed by atoms with Crippen LogP contribution >= 0.6 is 0 Å². The molecule has 1 atom stereocenters. The molecule has 7 heteroatoms. The van der Waals surface area contributed by atoms with Crippen LogP contribution in [-0.2, 0) is 16.4 Å². The minimum atomic E-state index is -3.63. The van der Waals surface area contributed by atoms with Gasteiger partial charge in [0.1, 0.15) is 0 Å². The molecule has 3 aromatic carbocycles. The minimum Gasteiger partial charge on any atom is -0.397 e. The van der Waals surface area contributed by atoms with E-state index in [1.54, 1.807) is 55.5 Å². The summed E-state index contributed by atoms with van der Waals surface area (Å²) in [5, 5.41) is 2.82. The van der Waals surface area contributed by atoms with E-state index in [9.17, 15) is 13.2 Å². The minimum absolute atomic E-state index is 0.250. The van der Waals surface area contributed by atoms with Crippen molar-refractivity contribution >= 4 is 27.3 Å². The molecule has 1 aliphatic carbocycles. The van der Waals surface area contributed by atoms with E-state index in [-0.39, 0.29) is 16.8 Å². The molecule has 1 aliphatic rings. The zero-order valence-corrected chi connectivity index (χ0v) is 17.4. The number of nitrogen functional groups attached to an aromatic ring is 1. The van der Waals surface area contributed by atoms with Gasteiger partial charge in [0.15, 0.2) is 0 Å². The monoisotopic (exact) mass is 421 g/mol. The first-order valence-electron chi connectivity index (χ1n) is 9.72. The highest BCUT2D eigenvalue weighted by Crippen LogP contribution is 2.33. The predicted molar refractivity (Wildman–Crippen MR) is 118 cm³/mol. The molecule has 3 aromatic rings. The number of aryl methyl sites for hydroxylation is 2. The molecule has 1 unspecified atom stereocenters. The van der Waals surface area contributed by atoms with Gasteiger partial charge in [-0.2, -0.15) is 0 Å². The zero-order valence-electron chi connectivity index (χ0n) is 16.6. The van der Waals surface area contributed by atoms with Gasteiger partial charge in [-0.15, -0.1) is 0 Å². The Balaban J connectivity index is 1.53. The zero-order chi connectivity index (χ0) is 21.3. The van der Waals surface area contributed by atoms with Gasteiger partial charge < -0.3 is 11.1 Å². The summed E-state index contributed by atoms with van der Waals surface area (Å²) in [6, 6.07) is 19.1. The van der Waals surface area contributed by atoms with Gasteiger partial charge in [0.05, 0.1) is 16.3 Å². The lowest BCUT2D eigenvalue weighted by Crippen LogP contribution is -2.28. The summed E-state index contributed by atoms with van der Waals surface area (Å²) in [7, 11) is -3.63. The van der Waals surface area contributed by atoms with Gasteiger partial charge in [-0.05, 0) is 66.8 Å². The van der Waals surface area contributed by atoms with Gasteiger partial charge >= 0.3 is 0 Å². The summed E-state index contributed by atoms with van der Waals surface area (Å²) in [5.74, 6) is -0.250. The van der Waals surface area contributed by atoms with E-state index in [2.05, 4.69) is 10.0 Å². The molecule has 0 aliphatic heterocycles. The van der Waals surface area contributed by atoms with Crippen LogP contribution in [0.15, 0.2) is 71.6 Å². The molecule has 4 rings (SSSR count). The van der Waals surface area contributed by atoms with Gasteiger partial charge in [-0.25, -0.2) is 13.1 Å². The third kappa shape index (κ3) is 3.94. The molecule has 0 spiro atoms. The Hall–Kier alpha value is -3.16. The van der Waals surface area contributed by atoms with Gasteiger partial charge in [0, 0.05) is 11.6 Å². The Morgan fingerprint density at radius 1 is 1.03 bits per heavy atom. The molecule has 0 bridgehead atoms. The SMILES string of the molecule is Cc1ccccc1S(=O)(=O)NC1CCc2cc(C(=O)Nc3ccccc3N)ccc21. The first kappa shape index (κ1) is 20.1. The number of para-hydroxylation sites is 2. The lowest BCUT2D eigenvalue weighted by molar-refractivity contribution is 0.102.